The number of hydrogen-bond donors (Lipinski definition) is 0. The van der Waals surface area contributed by atoms with Crippen LogP contribution in [0.25, 0.3) is 16.6 Å². The quantitative estimate of drug-likeness (QED) is 0.703. The molecule has 0 amide bonds. The van der Waals surface area contributed by atoms with E-state index in [1.165, 1.54) is 7.11 Å². The third-order valence-corrected chi connectivity index (χ3v) is 3.00. The number of pyridine rings is 2. The standard InChI is InChI=1S/C15H12N2O2/c1-19-13-8-4-10-17(15(13)18)12-7-2-5-11-6-3-9-16-14(11)12/h2-10H,1H3. The predicted molar refractivity (Wildman–Crippen MR) is 73.9 cm³/mol. The van der Waals surface area contributed by atoms with Crippen LogP contribution in [-0.2, 0) is 0 Å². The summed E-state index contributed by atoms with van der Waals surface area (Å²) in [5, 5.41) is 0.995. The van der Waals surface area contributed by atoms with Crippen LogP contribution in [0.4, 0.5) is 0 Å². The van der Waals surface area contributed by atoms with E-state index in [4.69, 9.17) is 4.74 Å². The van der Waals surface area contributed by atoms with Crippen molar-refractivity contribution in [2.45, 2.75) is 0 Å². The number of nitrogens with zero attached hydrogens (tertiary/aromatic N) is 2. The molecule has 4 heteroatoms. The Morgan fingerprint density at radius 2 is 1.95 bits per heavy atom. The van der Waals surface area contributed by atoms with Crippen LogP contribution in [0, 0.1) is 0 Å². The van der Waals surface area contributed by atoms with Crippen LogP contribution in [0.5, 0.6) is 5.75 Å². The minimum absolute atomic E-state index is 0.192. The van der Waals surface area contributed by atoms with Crippen LogP contribution in [0.2, 0.25) is 0 Å². The van der Waals surface area contributed by atoms with Crippen molar-refractivity contribution in [1.82, 2.24) is 9.55 Å². The van der Waals surface area contributed by atoms with Gasteiger partial charge in [-0.1, -0.05) is 18.2 Å². The van der Waals surface area contributed by atoms with Gasteiger partial charge >= 0.3 is 0 Å². The first-order valence-electron chi connectivity index (χ1n) is 5.91. The van der Waals surface area contributed by atoms with Crippen LogP contribution in [0.15, 0.2) is 59.7 Å². The topological polar surface area (TPSA) is 44.1 Å². The molecule has 2 heterocycles. The smallest absolute Gasteiger partial charge is 0.297 e. The average molecular weight is 252 g/mol. The predicted octanol–water partition coefficient (Wildman–Crippen LogP) is 2.39. The van der Waals surface area contributed by atoms with Crippen molar-refractivity contribution in [3.8, 4) is 11.4 Å². The molecule has 94 valence electrons. The Morgan fingerprint density at radius 1 is 1.11 bits per heavy atom. The number of para-hydroxylation sites is 1. The summed E-state index contributed by atoms with van der Waals surface area (Å²) in [6.45, 7) is 0. The third kappa shape index (κ3) is 1.87. The van der Waals surface area contributed by atoms with Crippen molar-refractivity contribution < 1.29 is 4.74 Å². The molecule has 0 spiro atoms. The van der Waals surface area contributed by atoms with E-state index in [-0.39, 0.29) is 5.56 Å². The fourth-order valence-electron chi connectivity index (χ4n) is 2.10. The Labute approximate surface area is 109 Å². The monoisotopic (exact) mass is 252 g/mol. The van der Waals surface area contributed by atoms with Gasteiger partial charge in [0.1, 0.15) is 0 Å². The highest BCUT2D eigenvalue weighted by Gasteiger charge is 2.08. The normalized spacial score (nSPS) is 10.6. The average Bonchev–Trinajstić information content (AvgIpc) is 2.47. The number of aromatic nitrogens is 2. The van der Waals surface area contributed by atoms with Crippen molar-refractivity contribution in [1.29, 1.82) is 0 Å². The van der Waals surface area contributed by atoms with Gasteiger partial charge in [-0.25, -0.2) is 0 Å². The Morgan fingerprint density at radius 3 is 2.79 bits per heavy atom. The zero-order valence-electron chi connectivity index (χ0n) is 10.4. The summed E-state index contributed by atoms with van der Waals surface area (Å²) >= 11 is 0. The van der Waals surface area contributed by atoms with E-state index in [9.17, 15) is 4.79 Å². The summed E-state index contributed by atoms with van der Waals surface area (Å²) in [6.07, 6.45) is 3.44. The zero-order chi connectivity index (χ0) is 13.2. The van der Waals surface area contributed by atoms with Crippen LogP contribution in [0.3, 0.4) is 0 Å². The maximum absolute atomic E-state index is 12.3. The lowest BCUT2D eigenvalue weighted by molar-refractivity contribution is 0.406. The largest absolute Gasteiger partial charge is 0.491 e. The second-order valence-electron chi connectivity index (χ2n) is 4.10. The fourth-order valence-corrected chi connectivity index (χ4v) is 2.10. The van der Waals surface area contributed by atoms with Crippen molar-refractivity contribution in [3.63, 3.8) is 0 Å². The molecule has 0 saturated carbocycles. The molecule has 3 aromatic rings. The first kappa shape index (κ1) is 11.5. The summed E-state index contributed by atoms with van der Waals surface area (Å²) in [4.78, 5) is 16.6. The molecule has 4 nitrogen and oxygen atoms in total. The Bertz CT molecular complexity index is 788. The van der Waals surface area contributed by atoms with Crippen molar-refractivity contribution in [2.24, 2.45) is 0 Å². The van der Waals surface area contributed by atoms with Gasteiger partial charge in [-0.2, -0.15) is 0 Å². The molecule has 0 fully saturated rings. The van der Waals surface area contributed by atoms with Crippen LogP contribution < -0.4 is 10.3 Å². The summed E-state index contributed by atoms with van der Waals surface area (Å²) in [6, 6.07) is 13.0. The van der Waals surface area contributed by atoms with Gasteiger partial charge in [0.2, 0.25) is 0 Å². The highest BCUT2D eigenvalue weighted by Crippen LogP contribution is 2.19. The molecule has 19 heavy (non-hydrogen) atoms. The molecule has 1 aromatic carbocycles. The maximum Gasteiger partial charge on any atom is 0.297 e. The third-order valence-electron chi connectivity index (χ3n) is 3.00. The van der Waals surface area contributed by atoms with Crippen LogP contribution >= 0.6 is 0 Å². The lowest BCUT2D eigenvalue weighted by Gasteiger charge is -2.09. The minimum atomic E-state index is -0.192. The number of rotatable bonds is 2. The van der Waals surface area contributed by atoms with Crippen LogP contribution in [-0.4, -0.2) is 16.7 Å². The van der Waals surface area contributed by atoms with Gasteiger partial charge in [-0.15, -0.1) is 0 Å². The summed E-state index contributed by atoms with van der Waals surface area (Å²) < 4.78 is 6.62. The summed E-state index contributed by atoms with van der Waals surface area (Å²) in [5.74, 6) is 0.315. The molecule has 0 radical (unpaired) electrons. The van der Waals surface area contributed by atoms with Gasteiger partial charge in [0.25, 0.3) is 5.56 Å². The van der Waals surface area contributed by atoms with Gasteiger partial charge in [0.05, 0.1) is 18.3 Å². The van der Waals surface area contributed by atoms with E-state index < -0.39 is 0 Å². The molecule has 0 bridgehead atoms. The van der Waals surface area contributed by atoms with Crippen LogP contribution in [0.1, 0.15) is 0 Å². The summed E-state index contributed by atoms with van der Waals surface area (Å²) in [7, 11) is 1.49. The second kappa shape index (κ2) is 4.57. The Balaban J connectivity index is 2.34. The van der Waals surface area contributed by atoms with Gasteiger partial charge in [-0.05, 0) is 24.3 Å². The van der Waals surface area contributed by atoms with Crippen molar-refractivity contribution in [3.05, 3.63) is 65.2 Å². The molecule has 0 saturated heterocycles. The lowest BCUT2D eigenvalue weighted by atomic mass is 10.2. The molecule has 0 unspecified atom stereocenters. The molecule has 0 N–H and O–H groups in total. The molecular formula is C15H12N2O2. The highest BCUT2D eigenvalue weighted by atomic mass is 16.5. The molecule has 0 aliphatic carbocycles. The molecule has 0 aliphatic heterocycles. The van der Waals surface area contributed by atoms with E-state index >= 15 is 0 Å². The first-order valence-corrected chi connectivity index (χ1v) is 5.91. The summed E-state index contributed by atoms with van der Waals surface area (Å²) in [5.41, 5.74) is 1.35. The van der Waals surface area contributed by atoms with Gasteiger partial charge in [0, 0.05) is 17.8 Å². The molecular weight excluding hydrogens is 240 g/mol. The molecule has 0 atom stereocenters. The maximum atomic E-state index is 12.3. The first-order chi connectivity index (χ1) is 9.31. The van der Waals surface area contributed by atoms with E-state index in [0.717, 1.165) is 16.6 Å². The molecule has 0 aliphatic rings. The second-order valence-corrected chi connectivity index (χ2v) is 4.10. The lowest BCUT2D eigenvalue weighted by Crippen LogP contribution is -2.19. The van der Waals surface area contributed by atoms with Gasteiger partial charge in [-0.3, -0.25) is 14.3 Å². The van der Waals surface area contributed by atoms with E-state index in [2.05, 4.69) is 4.98 Å². The van der Waals surface area contributed by atoms with E-state index in [1.54, 1.807) is 29.1 Å². The SMILES string of the molecule is COc1cccn(-c2cccc3cccnc23)c1=O. The number of ether oxygens (including phenoxy) is 1. The Hall–Kier alpha value is -2.62. The molecule has 3 rings (SSSR count). The van der Waals surface area contributed by atoms with Crippen molar-refractivity contribution in [2.75, 3.05) is 7.11 Å². The number of fused-ring (bicyclic) bond motifs is 1. The highest BCUT2D eigenvalue weighted by molar-refractivity contribution is 5.86. The number of hydrogen-bond acceptors (Lipinski definition) is 3. The van der Waals surface area contributed by atoms with Crippen molar-refractivity contribution >= 4 is 10.9 Å². The zero-order valence-corrected chi connectivity index (χ0v) is 10.4. The number of methoxy groups -OCH3 is 1. The fraction of sp³-hybridized carbons (Fsp3) is 0.0667. The molecule has 2 aromatic heterocycles. The number of benzene rings is 1. The van der Waals surface area contributed by atoms with E-state index in [0.29, 0.717) is 5.75 Å². The van der Waals surface area contributed by atoms with E-state index in [1.807, 2.05) is 30.3 Å². The Kier molecular flexibility index (Phi) is 2.76. The minimum Gasteiger partial charge on any atom is -0.491 e. The van der Waals surface area contributed by atoms with Gasteiger partial charge in [0.15, 0.2) is 5.75 Å². The van der Waals surface area contributed by atoms with Gasteiger partial charge < -0.3 is 4.74 Å².